The number of carbonyl (C=O) groups excluding carboxylic acids is 1. The molecule has 0 spiro atoms. The number of hydrogen-bond acceptors (Lipinski definition) is 3. The van der Waals surface area contributed by atoms with Gasteiger partial charge < -0.3 is 15.4 Å². The third-order valence-corrected chi connectivity index (χ3v) is 4.03. The third kappa shape index (κ3) is 3.91. The second-order valence-corrected chi connectivity index (χ2v) is 6.13. The number of hydrogen-bond donors (Lipinski definition) is 2. The Morgan fingerprint density at radius 1 is 1.61 bits per heavy atom. The molecule has 18 heavy (non-hydrogen) atoms. The van der Waals surface area contributed by atoms with Crippen LogP contribution < -0.4 is 10.6 Å². The Morgan fingerprint density at radius 3 is 3.17 bits per heavy atom. The van der Waals surface area contributed by atoms with E-state index < -0.39 is 0 Å². The van der Waals surface area contributed by atoms with Crippen molar-refractivity contribution in [3.05, 3.63) is 31.8 Å². The van der Waals surface area contributed by atoms with Crippen molar-refractivity contribution < 1.29 is 9.53 Å². The van der Waals surface area contributed by atoms with E-state index in [1.54, 1.807) is 0 Å². The van der Waals surface area contributed by atoms with Crippen LogP contribution in [0.2, 0.25) is 0 Å². The highest BCUT2D eigenvalue weighted by atomic mass is 127. The van der Waals surface area contributed by atoms with Crippen LogP contribution in [-0.2, 0) is 4.74 Å². The first-order valence-electron chi connectivity index (χ1n) is 5.72. The molecular formula is C12H14BrIN2O2. The van der Waals surface area contributed by atoms with Gasteiger partial charge >= 0.3 is 0 Å². The van der Waals surface area contributed by atoms with Crippen LogP contribution in [0, 0.1) is 3.57 Å². The number of nitrogens with one attached hydrogen (secondary N) is 2. The van der Waals surface area contributed by atoms with E-state index in [9.17, 15) is 4.79 Å². The van der Waals surface area contributed by atoms with Gasteiger partial charge in [0.05, 0.1) is 18.3 Å². The average Bonchev–Trinajstić information content (AvgIpc) is 2.40. The molecule has 0 aromatic heterocycles. The summed E-state index contributed by atoms with van der Waals surface area (Å²) in [6, 6.07) is 5.70. The Bertz CT molecular complexity index is 436. The van der Waals surface area contributed by atoms with Crippen LogP contribution in [0.4, 0.5) is 0 Å². The average molecular weight is 425 g/mol. The van der Waals surface area contributed by atoms with Gasteiger partial charge in [0.1, 0.15) is 0 Å². The molecule has 1 aromatic carbocycles. The standard InChI is InChI=1S/C12H14BrIN2O2/c13-11-2-1-8(14)5-10(11)12(17)16-7-9-6-15-3-4-18-9/h1-2,5,9,15H,3-4,6-7H2,(H,16,17). The van der Waals surface area contributed by atoms with Gasteiger partial charge in [0, 0.05) is 27.7 Å². The van der Waals surface area contributed by atoms with Crippen LogP contribution in [-0.4, -0.2) is 38.3 Å². The number of benzene rings is 1. The van der Waals surface area contributed by atoms with Crippen LogP contribution in [0.1, 0.15) is 10.4 Å². The summed E-state index contributed by atoms with van der Waals surface area (Å²) < 4.78 is 7.37. The summed E-state index contributed by atoms with van der Waals surface area (Å²) in [5, 5.41) is 6.13. The zero-order valence-electron chi connectivity index (χ0n) is 9.71. The minimum absolute atomic E-state index is 0.0595. The molecule has 6 heteroatoms. The highest BCUT2D eigenvalue weighted by Gasteiger charge is 2.16. The Labute approximate surface area is 128 Å². The van der Waals surface area contributed by atoms with Gasteiger partial charge in [-0.2, -0.15) is 0 Å². The van der Waals surface area contributed by atoms with E-state index in [-0.39, 0.29) is 12.0 Å². The molecule has 1 unspecified atom stereocenters. The monoisotopic (exact) mass is 424 g/mol. The normalized spacial score (nSPS) is 19.6. The molecule has 0 saturated carbocycles. The summed E-state index contributed by atoms with van der Waals surface area (Å²) in [6.07, 6.45) is 0.0595. The summed E-state index contributed by atoms with van der Waals surface area (Å²) in [4.78, 5) is 12.0. The predicted octanol–water partition coefficient (Wildman–Crippen LogP) is 1.77. The summed E-state index contributed by atoms with van der Waals surface area (Å²) in [6.45, 7) is 2.90. The molecule has 98 valence electrons. The van der Waals surface area contributed by atoms with Crippen molar-refractivity contribution in [2.75, 3.05) is 26.2 Å². The van der Waals surface area contributed by atoms with Crippen molar-refractivity contribution >= 4 is 44.4 Å². The highest BCUT2D eigenvalue weighted by molar-refractivity contribution is 14.1. The smallest absolute Gasteiger partial charge is 0.252 e. The van der Waals surface area contributed by atoms with E-state index in [0.717, 1.165) is 21.1 Å². The molecule has 0 bridgehead atoms. The molecule has 1 heterocycles. The van der Waals surface area contributed by atoms with E-state index in [1.807, 2.05) is 18.2 Å². The maximum Gasteiger partial charge on any atom is 0.252 e. The molecule has 0 aliphatic carbocycles. The van der Waals surface area contributed by atoms with Crippen LogP contribution in [0.25, 0.3) is 0 Å². The van der Waals surface area contributed by atoms with E-state index in [1.165, 1.54) is 0 Å². The van der Waals surface area contributed by atoms with Gasteiger partial charge in [0.25, 0.3) is 5.91 Å². The van der Waals surface area contributed by atoms with E-state index >= 15 is 0 Å². The van der Waals surface area contributed by atoms with Gasteiger partial charge in [0.2, 0.25) is 0 Å². The Morgan fingerprint density at radius 2 is 2.44 bits per heavy atom. The van der Waals surface area contributed by atoms with Crippen LogP contribution in [0.3, 0.4) is 0 Å². The summed E-state index contributed by atoms with van der Waals surface area (Å²) in [5.74, 6) is -0.0745. The van der Waals surface area contributed by atoms with Gasteiger partial charge in [-0.25, -0.2) is 0 Å². The maximum absolute atomic E-state index is 12.0. The fourth-order valence-corrected chi connectivity index (χ4v) is 2.64. The molecule has 1 atom stereocenters. The molecule has 2 rings (SSSR count). The molecule has 0 radical (unpaired) electrons. The lowest BCUT2D eigenvalue weighted by Crippen LogP contribution is -2.45. The van der Waals surface area contributed by atoms with Crippen LogP contribution in [0.5, 0.6) is 0 Å². The molecular weight excluding hydrogens is 411 g/mol. The van der Waals surface area contributed by atoms with Crippen molar-refractivity contribution in [1.82, 2.24) is 10.6 Å². The van der Waals surface area contributed by atoms with Crippen LogP contribution >= 0.6 is 38.5 Å². The number of amides is 1. The van der Waals surface area contributed by atoms with Gasteiger partial charge in [-0.1, -0.05) is 0 Å². The fraction of sp³-hybridized carbons (Fsp3) is 0.417. The van der Waals surface area contributed by atoms with Gasteiger partial charge in [-0.3, -0.25) is 4.79 Å². The first kappa shape index (κ1) is 14.2. The first-order chi connectivity index (χ1) is 8.66. The third-order valence-electron chi connectivity index (χ3n) is 2.67. The summed E-state index contributed by atoms with van der Waals surface area (Å²) >= 11 is 5.58. The van der Waals surface area contributed by atoms with Crippen molar-refractivity contribution in [2.24, 2.45) is 0 Å². The van der Waals surface area contributed by atoms with Crippen molar-refractivity contribution in [2.45, 2.75) is 6.10 Å². The molecule has 2 N–H and O–H groups in total. The SMILES string of the molecule is O=C(NCC1CNCCO1)c1cc(I)ccc1Br. The second-order valence-electron chi connectivity index (χ2n) is 4.03. The number of rotatable bonds is 3. The Balaban J connectivity index is 1.92. The lowest BCUT2D eigenvalue weighted by molar-refractivity contribution is 0.0287. The van der Waals surface area contributed by atoms with Gasteiger partial charge in [0.15, 0.2) is 0 Å². The van der Waals surface area contributed by atoms with E-state index in [2.05, 4.69) is 49.2 Å². The van der Waals surface area contributed by atoms with Crippen molar-refractivity contribution in [3.8, 4) is 0 Å². The van der Waals surface area contributed by atoms with Crippen LogP contribution in [0.15, 0.2) is 22.7 Å². The molecule has 1 aliphatic heterocycles. The fourth-order valence-electron chi connectivity index (χ4n) is 1.72. The predicted molar refractivity (Wildman–Crippen MR) is 81.8 cm³/mol. The lowest BCUT2D eigenvalue weighted by atomic mass is 10.2. The largest absolute Gasteiger partial charge is 0.374 e. The second kappa shape index (κ2) is 6.83. The molecule has 4 nitrogen and oxygen atoms in total. The van der Waals surface area contributed by atoms with Gasteiger partial charge in [-0.05, 0) is 56.7 Å². The maximum atomic E-state index is 12.0. The van der Waals surface area contributed by atoms with E-state index in [4.69, 9.17) is 4.74 Å². The Kier molecular flexibility index (Phi) is 5.40. The zero-order chi connectivity index (χ0) is 13.0. The van der Waals surface area contributed by atoms with E-state index in [0.29, 0.717) is 18.7 Å². The van der Waals surface area contributed by atoms with Gasteiger partial charge in [-0.15, -0.1) is 0 Å². The number of carbonyl (C=O) groups is 1. The van der Waals surface area contributed by atoms with Crippen molar-refractivity contribution in [3.63, 3.8) is 0 Å². The number of ether oxygens (including phenoxy) is 1. The zero-order valence-corrected chi connectivity index (χ0v) is 13.5. The summed E-state index contributed by atoms with van der Waals surface area (Å²) in [7, 11) is 0. The quantitative estimate of drug-likeness (QED) is 0.727. The molecule has 1 amide bonds. The molecule has 1 fully saturated rings. The molecule has 1 saturated heterocycles. The lowest BCUT2D eigenvalue weighted by Gasteiger charge is -2.23. The first-order valence-corrected chi connectivity index (χ1v) is 7.59. The minimum atomic E-state index is -0.0745. The molecule has 1 aromatic rings. The summed E-state index contributed by atoms with van der Waals surface area (Å²) in [5.41, 5.74) is 0.658. The Hall–Kier alpha value is -0.180. The highest BCUT2D eigenvalue weighted by Crippen LogP contribution is 2.19. The van der Waals surface area contributed by atoms with Crippen molar-refractivity contribution in [1.29, 1.82) is 0 Å². The minimum Gasteiger partial charge on any atom is -0.374 e. The topological polar surface area (TPSA) is 50.4 Å². The number of halogens is 2. The number of morpholine rings is 1. The molecule has 1 aliphatic rings.